The first-order valence-corrected chi connectivity index (χ1v) is 10.7. The molecule has 0 aromatic heterocycles. The molecule has 0 saturated heterocycles. The fraction of sp³-hybridized carbons (Fsp3) is 0. The molecular weight excluding hydrogens is 452 g/mol. The summed E-state index contributed by atoms with van der Waals surface area (Å²) in [6, 6.07) is 26.6. The first-order valence-electron chi connectivity index (χ1n) is 10.3. The number of carbonyl (C=O) groups is 3. The number of amides is 2. The highest BCUT2D eigenvalue weighted by Gasteiger charge is 2.17. The zero-order valence-corrected chi connectivity index (χ0v) is 18.5. The number of carboxylic acid groups (broad SMARTS) is 1. The van der Waals surface area contributed by atoms with E-state index in [4.69, 9.17) is 11.6 Å². The van der Waals surface area contributed by atoms with E-state index in [2.05, 4.69) is 10.6 Å². The highest BCUT2D eigenvalue weighted by molar-refractivity contribution is 6.31. The van der Waals surface area contributed by atoms with Gasteiger partial charge in [-0.25, -0.2) is 4.79 Å². The van der Waals surface area contributed by atoms with Crippen LogP contribution >= 0.6 is 11.6 Å². The van der Waals surface area contributed by atoms with Crippen molar-refractivity contribution in [2.24, 2.45) is 0 Å². The molecule has 3 N–H and O–H groups in total. The smallest absolute Gasteiger partial charge is 0.336 e. The van der Waals surface area contributed by atoms with Gasteiger partial charge in [-0.05, 0) is 65.7 Å². The second-order valence-corrected chi connectivity index (χ2v) is 7.83. The van der Waals surface area contributed by atoms with Crippen LogP contribution in [0.2, 0.25) is 5.02 Å². The van der Waals surface area contributed by atoms with Crippen molar-refractivity contribution in [1.82, 2.24) is 0 Å². The van der Waals surface area contributed by atoms with Crippen LogP contribution in [0.25, 0.3) is 11.1 Å². The number of anilines is 2. The van der Waals surface area contributed by atoms with Gasteiger partial charge in [0.15, 0.2) is 0 Å². The average molecular weight is 471 g/mol. The van der Waals surface area contributed by atoms with Crippen LogP contribution in [0.3, 0.4) is 0 Å². The number of carboxylic acids is 1. The number of halogens is 1. The van der Waals surface area contributed by atoms with E-state index in [1.807, 2.05) is 0 Å². The van der Waals surface area contributed by atoms with Gasteiger partial charge in [0.05, 0.1) is 5.56 Å². The molecule has 6 nitrogen and oxygen atoms in total. The monoisotopic (exact) mass is 470 g/mol. The number of hydrogen-bond donors (Lipinski definition) is 3. The summed E-state index contributed by atoms with van der Waals surface area (Å²) in [6.45, 7) is 0. The Morgan fingerprint density at radius 3 is 1.85 bits per heavy atom. The Hall–Kier alpha value is -4.42. The van der Waals surface area contributed by atoms with Crippen LogP contribution in [0.15, 0.2) is 97.1 Å². The molecule has 0 spiro atoms. The van der Waals surface area contributed by atoms with E-state index in [-0.39, 0.29) is 11.5 Å². The van der Waals surface area contributed by atoms with Gasteiger partial charge in [-0.3, -0.25) is 9.59 Å². The maximum atomic E-state index is 13.0. The molecule has 4 rings (SSSR count). The van der Waals surface area contributed by atoms with Crippen LogP contribution in [0, 0.1) is 0 Å². The normalized spacial score (nSPS) is 10.4. The minimum atomic E-state index is -1.07. The van der Waals surface area contributed by atoms with Crippen LogP contribution in [-0.4, -0.2) is 22.9 Å². The van der Waals surface area contributed by atoms with Crippen molar-refractivity contribution in [2.45, 2.75) is 0 Å². The van der Waals surface area contributed by atoms with Gasteiger partial charge in [-0.15, -0.1) is 0 Å². The van der Waals surface area contributed by atoms with Crippen LogP contribution in [-0.2, 0) is 0 Å². The van der Waals surface area contributed by atoms with Crippen molar-refractivity contribution < 1.29 is 19.5 Å². The maximum absolute atomic E-state index is 13.0. The Bertz CT molecular complexity index is 1380. The summed E-state index contributed by atoms with van der Waals surface area (Å²) >= 11 is 5.95. The van der Waals surface area contributed by atoms with Gasteiger partial charge in [0.25, 0.3) is 11.8 Å². The molecule has 7 heteroatoms. The molecule has 0 unspecified atom stereocenters. The Labute approximate surface area is 200 Å². The molecule has 0 aliphatic carbocycles. The quantitative estimate of drug-likeness (QED) is 0.312. The van der Waals surface area contributed by atoms with Crippen LogP contribution < -0.4 is 10.6 Å². The van der Waals surface area contributed by atoms with Crippen molar-refractivity contribution in [3.05, 3.63) is 119 Å². The molecule has 0 heterocycles. The number of carbonyl (C=O) groups excluding carboxylic acids is 2. The van der Waals surface area contributed by atoms with E-state index in [1.165, 1.54) is 6.07 Å². The topological polar surface area (TPSA) is 95.5 Å². The van der Waals surface area contributed by atoms with Gasteiger partial charge < -0.3 is 15.7 Å². The SMILES string of the molecule is O=C(Nc1cccc(Cl)c1)c1ccc(NC(=O)c2ccccc2-c2ccccc2C(=O)O)cc1. The summed E-state index contributed by atoms with van der Waals surface area (Å²) in [4.78, 5) is 37.2. The van der Waals surface area contributed by atoms with Crippen LogP contribution in [0.5, 0.6) is 0 Å². The average Bonchev–Trinajstić information content (AvgIpc) is 2.84. The first kappa shape index (κ1) is 22.8. The van der Waals surface area contributed by atoms with Crippen molar-refractivity contribution in [3.63, 3.8) is 0 Å². The zero-order chi connectivity index (χ0) is 24.1. The lowest BCUT2D eigenvalue weighted by atomic mass is 9.95. The fourth-order valence-electron chi connectivity index (χ4n) is 3.49. The van der Waals surface area contributed by atoms with E-state index >= 15 is 0 Å². The summed E-state index contributed by atoms with van der Waals surface area (Å²) in [5.41, 5.74) is 2.88. The van der Waals surface area contributed by atoms with Gasteiger partial charge in [0, 0.05) is 27.5 Å². The summed E-state index contributed by atoms with van der Waals surface area (Å²) in [5, 5.41) is 15.6. The lowest BCUT2D eigenvalue weighted by molar-refractivity contribution is 0.0697. The van der Waals surface area contributed by atoms with E-state index < -0.39 is 11.9 Å². The lowest BCUT2D eigenvalue weighted by Crippen LogP contribution is -2.15. The van der Waals surface area contributed by atoms with Gasteiger partial charge >= 0.3 is 5.97 Å². The van der Waals surface area contributed by atoms with E-state index in [0.29, 0.717) is 38.7 Å². The predicted octanol–water partition coefficient (Wildman–Crippen LogP) is 6.21. The number of nitrogens with one attached hydrogen (secondary N) is 2. The molecule has 4 aromatic rings. The molecular formula is C27H19ClN2O4. The third-order valence-electron chi connectivity index (χ3n) is 5.11. The standard InChI is InChI=1S/C27H19ClN2O4/c28-18-6-5-7-20(16-18)30-25(31)17-12-14-19(15-13-17)29-26(32)23-10-3-1-8-21(23)22-9-2-4-11-24(22)27(33)34/h1-16H,(H,29,32)(H,30,31)(H,33,34). The Kier molecular flexibility index (Phi) is 6.71. The predicted molar refractivity (Wildman–Crippen MR) is 133 cm³/mol. The summed E-state index contributed by atoms with van der Waals surface area (Å²) < 4.78 is 0. The Balaban J connectivity index is 1.52. The highest BCUT2D eigenvalue weighted by atomic mass is 35.5. The minimum absolute atomic E-state index is 0.109. The first-order chi connectivity index (χ1) is 16.4. The van der Waals surface area contributed by atoms with Gasteiger partial charge in [0.1, 0.15) is 0 Å². The summed E-state index contributed by atoms with van der Waals surface area (Å²) in [6.07, 6.45) is 0. The van der Waals surface area contributed by atoms with Gasteiger partial charge in [-0.1, -0.05) is 54.1 Å². The van der Waals surface area contributed by atoms with Crippen molar-refractivity contribution in [3.8, 4) is 11.1 Å². The molecule has 0 aliphatic heterocycles. The Morgan fingerprint density at radius 1 is 0.618 bits per heavy atom. The number of benzene rings is 4. The third-order valence-corrected chi connectivity index (χ3v) is 5.34. The molecule has 0 fully saturated rings. The van der Waals surface area contributed by atoms with Crippen molar-refractivity contribution in [2.75, 3.05) is 10.6 Å². The lowest BCUT2D eigenvalue weighted by Gasteiger charge is -2.13. The summed E-state index contributed by atoms with van der Waals surface area (Å²) in [7, 11) is 0. The van der Waals surface area contributed by atoms with Gasteiger partial charge in [-0.2, -0.15) is 0 Å². The summed E-state index contributed by atoms with van der Waals surface area (Å²) in [5.74, 6) is -1.78. The highest BCUT2D eigenvalue weighted by Crippen LogP contribution is 2.28. The second-order valence-electron chi connectivity index (χ2n) is 7.39. The zero-order valence-electron chi connectivity index (χ0n) is 17.8. The molecule has 0 aliphatic rings. The molecule has 34 heavy (non-hydrogen) atoms. The van der Waals surface area contributed by atoms with E-state index in [0.717, 1.165) is 0 Å². The van der Waals surface area contributed by atoms with Crippen molar-refractivity contribution >= 4 is 40.8 Å². The number of aromatic carboxylic acids is 1. The molecule has 0 bridgehead atoms. The second kappa shape index (κ2) is 10.0. The van der Waals surface area contributed by atoms with Crippen LogP contribution in [0.1, 0.15) is 31.1 Å². The molecule has 0 saturated carbocycles. The maximum Gasteiger partial charge on any atom is 0.336 e. The molecule has 168 valence electrons. The Morgan fingerprint density at radius 2 is 1.21 bits per heavy atom. The minimum Gasteiger partial charge on any atom is -0.478 e. The molecule has 4 aromatic carbocycles. The van der Waals surface area contributed by atoms with E-state index in [9.17, 15) is 19.5 Å². The largest absolute Gasteiger partial charge is 0.478 e. The third kappa shape index (κ3) is 5.14. The van der Waals surface area contributed by atoms with Crippen LogP contribution in [0.4, 0.5) is 11.4 Å². The number of rotatable bonds is 6. The molecule has 2 amide bonds. The van der Waals surface area contributed by atoms with Gasteiger partial charge in [0.2, 0.25) is 0 Å². The van der Waals surface area contributed by atoms with Crippen molar-refractivity contribution in [1.29, 1.82) is 0 Å². The molecule has 0 atom stereocenters. The van der Waals surface area contributed by atoms with E-state index in [1.54, 1.807) is 91.0 Å². The number of hydrogen-bond acceptors (Lipinski definition) is 3. The fourth-order valence-corrected chi connectivity index (χ4v) is 3.68. The molecule has 0 radical (unpaired) electrons.